The minimum absolute atomic E-state index is 0.0947. The number of carbonyl (C=O) groups excluding carboxylic acids is 3. The summed E-state index contributed by atoms with van der Waals surface area (Å²) in [4.78, 5) is 34.2. The van der Waals surface area contributed by atoms with Crippen LogP contribution in [0.4, 0.5) is 0 Å². The molecule has 22 heavy (non-hydrogen) atoms. The van der Waals surface area contributed by atoms with Gasteiger partial charge in [-0.05, 0) is 27.2 Å². The van der Waals surface area contributed by atoms with Crippen LogP contribution in [-0.4, -0.2) is 30.8 Å². The van der Waals surface area contributed by atoms with Gasteiger partial charge in [0.2, 0.25) is 6.29 Å². The van der Waals surface area contributed by atoms with Gasteiger partial charge in [0.05, 0.1) is 6.61 Å². The van der Waals surface area contributed by atoms with Crippen LogP contribution in [-0.2, 0) is 28.6 Å². The van der Waals surface area contributed by atoms with E-state index in [0.717, 1.165) is 0 Å². The molecule has 122 valence electrons. The molecule has 0 spiro atoms. The van der Waals surface area contributed by atoms with E-state index in [-0.39, 0.29) is 24.2 Å². The summed E-state index contributed by atoms with van der Waals surface area (Å²) >= 11 is 0. The lowest BCUT2D eigenvalue weighted by Gasteiger charge is -2.18. The minimum Gasteiger partial charge on any atom is -0.462 e. The predicted molar refractivity (Wildman–Crippen MR) is 80.6 cm³/mol. The summed E-state index contributed by atoms with van der Waals surface area (Å²) in [5.74, 6) is -1.84. The van der Waals surface area contributed by atoms with Crippen molar-refractivity contribution < 1.29 is 28.6 Å². The molecule has 0 saturated carbocycles. The average molecular weight is 310 g/mol. The van der Waals surface area contributed by atoms with Gasteiger partial charge in [0.25, 0.3) is 0 Å². The summed E-state index contributed by atoms with van der Waals surface area (Å²) < 4.78 is 14.9. The van der Waals surface area contributed by atoms with Crippen LogP contribution in [0, 0.1) is 0 Å². The minimum atomic E-state index is -1.09. The first kappa shape index (κ1) is 19.6. The molecular weight excluding hydrogens is 288 g/mol. The monoisotopic (exact) mass is 310 g/mol. The van der Waals surface area contributed by atoms with E-state index in [2.05, 4.69) is 19.7 Å². The summed E-state index contributed by atoms with van der Waals surface area (Å²) in [6, 6.07) is 0. The second kappa shape index (κ2) is 9.55. The van der Waals surface area contributed by atoms with Crippen LogP contribution in [0.5, 0.6) is 0 Å². The molecule has 0 radical (unpaired) electrons. The molecule has 0 N–H and O–H groups in total. The Morgan fingerprint density at radius 1 is 0.818 bits per heavy atom. The van der Waals surface area contributed by atoms with Crippen LogP contribution < -0.4 is 0 Å². The number of hydrogen-bond donors (Lipinski definition) is 0. The van der Waals surface area contributed by atoms with Crippen LogP contribution in [0.1, 0.15) is 33.6 Å². The number of hydrogen-bond acceptors (Lipinski definition) is 6. The summed E-state index contributed by atoms with van der Waals surface area (Å²) in [6.07, 6.45) is -0.560. The maximum absolute atomic E-state index is 11.5. The maximum Gasteiger partial charge on any atom is 0.336 e. The second-order valence-corrected chi connectivity index (χ2v) is 4.86. The first-order chi connectivity index (χ1) is 10.1. The van der Waals surface area contributed by atoms with Gasteiger partial charge in [-0.3, -0.25) is 0 Å². The molecule has 0 aliphatic carbocycles. The van der Waals surface area contributed by atoms with E-state index in [1.54, 1.807) is 0 Å². The van der Waals surface area contributed by atoms with Crippen molar-refractivity contribution in [1.82, 2.24) is 0 Å². The summed E-state index contributed by atoms with van der Waals surface area (Å²) in [5.41, 5.74) is 0.661. The first-order valence-corrected chi connectivity index (χ1v) is 6.70. The lowest BCUT2D eigenvalue weighted by molar-refractivity contribution is -0.184. The molecule has 0 aromatic carbocycles. The zero-order valence-electron chi connectivity index (χ0n) is 13.3. The smallest absolute Gasteiger partial charge is 0.336 e. The summed E-state index contributed by atoms with van der Waals surface area (Å²) in [6.45, 7) is 14.9. The molecular formula is C16H22O6. The van der Waals surface area contributed by atoms with Crippen LogP contribution in [0.2, 0.25) is 0 Å². The zero-order chi connectivity index (χ0) is 17.3. The van der Waals surface area contributed by atoms with E-state index in [0.29, 0.717) is 12.0 Å². The maximum atomic E-state index is 11.5. The molecule has 0 aliphatic rings. The average Bonchev–Trinajstić information content (AvgIpc) is 2.42. The summed E-state index contributed by atoms with van der Waals surface area (Å²) in [5, 5.41) is 0. The van der Waals surface area contributed by atoms with Gasteiger partial charge in [-0.1, -0.05) is 19.7 Å². The largest absolute Gasteiger partial charge is 0.462 e. The van der Waals surface area contributed by atoms with E-state index in [9.17, 15) is 14.4 Å². The van der Waals surface area contributed by atoms with E-state index < -0.39 is 24.2 Å². The number of rotatable bonds is 9. The molecule has 0 aliphatic heterocycles. The molecule has 6 nitrogen and oxygen atoms in total. The van der Waals surface area contributed by atoms with E-state index in [4.69, 9.17) is 14.2 Å². The van der Waals surface area contributed by atoms with Gasteiger partial charge in [0.15, 0.2) is 0 Å². The van der Waals surface area contributed by atoms with Crippen molar-refractivity contribution in [3.63, 3.8) is 0 Å². The third-order valence-electron chi connectivity index (χ3n) is 2.34. The Bertz CT molecular complexity index is 461. The Kier molecular flexibility index (Phi) is 8.52. The highest BCUT2D eigenvalue weighted by atomic mass is 16.7. The highest BCUT2D eigenvalue weighted by Crippen LogP contribution is 2.10. The van der Waals surface area contributed by atoms with Crippen molar-refractivity contribution >= 4 is 17.9 Å². The van der Waals surface area contributed by atoms with Crippen LogP contribution in [0.15, 0.2) is 36.5 Å². The van der Waals surface area contributed by atoms with E-state index >= 15 is 0 Å². The fraction of sp³-hybridized carbons (Fsp3) is 0.438. The third-order valence-corrected chi connectivity index (χ3v) is 2.34. The molecule has 0 unspecified atom stereocenters. The lowest BCUT2D eigenvalue weighted by atomic mass is 10.3. The molecule has 0 bridgehead atoms. The van der Waals surface area contributed by atoms with Gasteiger partial charge in [-0.15, -0.1) is 0 Å². The molecule has 0 rings (SSSR count). The quantitative estimate of drug-likeness (QED) is 0.282. The van der Waals surface area contributed by atoms with Crippen molar-refractivity contribution in [3.8, 4) is 0 Å². The predicted octanol–water partition coefficient (Wildman–Crippen LogP) is 2.45. The molecule has 0 fully saturated rings. The molecule has 0 heterocycles. The third kappa shape index (κ3) is 8.04. The van der Waals surface area contributed by atoms with Crippen molar-refractivity contribution in [2.45, 2.75) is 39.9 Å². The zero-order valence-corrected chi connectivity index (χ0v) is 13.3. The van der Waals surface area contributed by atoms with Crippen LogP contribution in [0.25, 0.3) is 0 Å². The highest BCUT2D eigenvalue weighted by molar-refractivity contribution is 5.88. The highest BCUT2D eigenvalue weighted by Gasteiger charge is 2.20. The van der Waals surface area contributed by atoms with Crippen molar-refractivity contribution in [2.75, 3.05) is 6.61 Å². The second-order valence-electron chi connectivity index (χ2n) is 4.86. The lowest BCUT2D eigenvalue weighted by Crippen LogP contribution is -2.25. The van der Waals surface area contributed by atoms with Gasteiger partial charge in [0.1, 0.15) is 0 Å². The number of carbonyl (C=O) groups is 3. The summed E-state index contributed by atoms with van der Waals surface area (Å²) in [7, 11) is 0. The molecule has 0 aromatic rings. The molecule has 0 amide bonds. The topological polar surface area (TPSA) is 78.9 Å². The van der Waals surface area contributed by atoms with Crippen molar-refractivity contribution in [3.05, 3.63) is 36.5 Å². The standard InChI is InChI=1S/C16H22O6/c1-10(2)14(17)20-9-7-8-13(21-15(18)11(3)4)22-16(19)12(5)6/h13H,1,3,5,7-9H2,2,4,6H3. The van der Waals surface area contributed by atoms with Gasteiger partial charge in [-0.25, -0.2) is 14.4 Å². The Balaban J connectivity index is 4.46. The van der Waals surface area contributed by atoms with Crippen LogP contribution >= 0.6 is 0 Å². The van der Waals surface area contributed by atoms with Gasteiger partial charge in [-0.2, -0.15) is 0 Å². The van der Waals surface area contributed by atoms with Gasteiger partial charge >= 0.3 is 17.9 Å². The normalized spacial score (nSPS) is 9.82. The SMILES string of the molecule is C=C(C)C(=O)OCCCC(OC(=O)C(=C)C)OC(=O)C(=C)C. The molecule has 0 saturated heterocycles. The van der Waals surface area contributed by atoms with Crippen LogP contribution in [0.3, 0.4) is 0 Å². The molecule has 6 heteroatoms. The Morgan fingerprint density at radius 2 is 1.23 bits per heavy atom. The Labute approximate surface area is 130 Å². The first-order valence-electron chi connectivity index (χ1n) is 6.70. The molecule has 0 aromatic heterocycles. The number of esters is 3. The van der Waals surface area contributed by atoms with E-state index in [1.807, 2.05) is 0 Å². The van der Waals surface area contributed by atoms with Crippen molar-refractivity contribution in [1.29, 1.82) is 0 Å². The fourth-order valence-electron chi connectivity index (χ4n) is 1.12. The van der Waals surface area contributed by atoms with Gasteiger partial charge < -0.3 is 14.2 Å². The molecule has 0 atom stereocenters. The van der Waals surface area contributed by atoms with E-state index in [1.165, 1.54) is 20.8 Å². The Morgan fingerprint density at radius 3 is 1.59 bits per heavy atom. The Hall–Kier alpha value is -2.37. The van der Waals surface area contributed by atoms with Crippen molar-refractivity contribution in [2.24, 2.45) is 0 Å². The number of ether oxygens (including phenoxy) is 3. The fourth-order valence-corrected chi connectivity index (χ4v) is 1.12. The van der Waals surface area contributed by atoms with Gasteiger partial charge in [0, 0.05) is 23.1 Å².